The quantitative estimate of drug-likeness (QED) is 0.942. The minimum absolute atomic E-state index is 0.0694. The van der Waals surface area contributed by atoms with E-state index in [1.54, 1.807) is 18.2 Å². The molecule has 2 aromatic carbocycles. The number of amides is 1. The molecule has 0 unspecified atom stereocenters. The highest BCUT2D eigenvalue weighted by Gasteiger charge is 2.24. The molecule has 0 heterocycles. The van der Waals surface area contributed by atoms with Gasteiger partial charge in [-0.3, -0.25) is 4.79 Å². The number of hydrogen-bond acceptors (Lipinski definition) is 3. The Balaban J connectivity index is 1.90. The van der Waals surface area contributed by atoms with Crippen molar-refractivity contribution in [1.29, 1.82) is 0 Å². The smallest absolute Gasteiger partial charge is 0.253 e. The van der Waals surface area contributed by atoms with E-state index < -0.39 is 9.84 Å². The van der Waals surface area contributed by atoms with Gasteiger partial charge in [0, 0.05) is 6.26 Å². The maximum absolute atomic E-state index is 12.6. The van der Waals surface area contributed by atoms with Crippen LogP contribution in [-0.4, -0.2) is 20.6 Å². The molecule has 1 N–H and O–H groups in total. The molecule has 0 aromatic heterocycles. The summed E-state index contributed by atoms with van der Waals surface area (Å²) in [6.45, 7) is 0. The molecular formula is C18H19NO3S. The summed E-state index contributed by atoms with van der Waals surface area (Å²) in [5.41, 5.74) is 2.59. The van der Waals surface area contributed by atoms with Crippen LogP contribution < -0.4 is 5.32 Å². The third-order valence-electron chi connectivity index (χ3n) is 4.21. The van der Waals surface area contributed by atoms with E-state index in [2.05, 4.69) is 11.4 Å². The van der Waals surface area contributed by atoms with Gasteiger partial charge in [-0.1, -0.05) is 36.4 Å². The molecule has 0 saturated carbocycles. The monoisotopic (exact) mass is 329 g/mol. The normalized spacial score (nSPS) is 17.3. The summed E-state index contributed by atoms with van der Waals surface area (Å²) >= 11 is 0. The highest BCUT2D eigenvalue weighted by molar-refractivity contribution is 7.90. The van der Waals surface area contributed by atoms with Crippen LogP contribution in [-0.2, 0) is 16.3 Å². The zero-order valence-corrected chi connectivity index (χ0v) is 13.8. The average molecular weight is 329 g/mol. The van der Waals surface area contributed by atoms with Crippen LogP contribution in [0.3, 0.4) is 0 Å². The van der Waals surface area contributed by atoms with Gasteiger partial charge in [-0.05, 0) is 42.5 Å². The van der Waals surface area contributed by atoms with E-state index >= 15 is 0 Å². The third-order valence-corrected chi connectivity index (χ3v) is 5.36. The second-order valence-electron chi connectivity index (χ2n) is 5.89. The summed E-state index contributed by atoms with van der Waals surface area (Å²) in [4.78, 5) is 12.7. The Morgan fingerprint density at radius 2 is 1.78 bits per heavy atom. The number of carbonyl (C=O) groups is 1. The molecule has 4 nitrogen and oxygen atoms in total. The second-order valence-corrected chi connectivity index (χ2v) is 7.87. The number of fused-ring (bicyclic) bond motifs is 1. The largest absolute Gasteiger partial charge is 0.345 e. The van der Waals surface area contributed by atoms with Gasteiger partial charge >= 0.3 is 0 Å². The number of rotatable bonds is 3. The van der Waals surface area contributed by atoms with E-state index in [9.17, 15) is 13.2 Å². The molecule has 0 saturated heterocycles. The van der Waals surface area contributed by atoms with E-state index in [-0.39, 0.29) is 22.4 Å². The summed E-state index contributed by atoms with van der Waals surface area (Å²) in [6.07, 6.45) is 4.01. The zero-order valence-electron chi connectivity index (χ0n) is 13.0. The number of carbonyl (C=O) groups excluding carboxylic acids is 1. The van der Waals surface area contributed by atoms with Gasteiger partial charge in [-0.25, -0.2) is 8.42 Å². The van der Waals surface area contributed by atoms with Crippen LogP contribution in [0.5, 0.6) is 0 Å². The van der Waals surface area contributed by atoms with Gasteiger partial charge in [0.25, 0.3) is 5.91 Å². The molecule has 0 bridgehead atoms. The Morgan fingerprint density at radius 3 is 2.57 bits per heavy atom. The van der Waals surface area contributed by atoms with Gasteiger partial charge in [-0.15, -0.1) is 0 Å². The highest BCUT2D eigenvalue weighted by atomic mass is 32.2. The Kier molecular flexibility index (Phi) is 4.22. The van der Waals surface area contributed by atoms with Crippen molar-refractivity contribution < 1.29 is 13.2 Å². The van der Waals surface area contributed by atoms with Crippen LogP contribution in [0, 0.1) is 0 Å². The van der Waals surface area contributed by atoms with Gasteiger partial charge in [0.15, 0.2) is 9.84 Å². The maximum Gasteiger partial charge on any atom is 0.253 e. The van der Waals surface area contributed by atoms with Gasteiger partial charge in [-0.2, -0.15) is 0 Å². The lowest BCUT2D eigenvalue weighted by Gasteiger charge is -2.26. The third kappa shape index (κ3) is 3.29. The molecule has 0 aliphatic heterocycles. The first-order valence-corrected chi connectivity index (χ1v) is 9.54. The standard InChI is InChI=1S/C18H19NO3S/c1-23(21,22)17-12-5-4-10-15(17)18(20)19-16-11-6-8-13-7-2-3-9-14(13)16/h2-5,7,9-10,12,16H,6,8,11H2,1H3,(H,19,20)/t16-/m1/s1. The molecule has 1 aliphatic carbocycles. The highest BCUT2D eigenvalue weighted by Crippen LogP contribution is 2.30. The SMILES string of the molecule is CS(=O)(=O)c1ccccc1C(=O)N[C@@H]1CCCc2ccccc21. The fourth-order valence-corrected chi connectivity index (χ4v) is 4.00. The van der Waals surface area contributed by atoms with Gasteiger partial charge < -0.3 is 5.32 Å². The summed E-state index contributed by atoms with van der Waals surface area (Å²) in [5, 5.41) is 3.00. The molecule has 1 atom stereocenters. The van der Waals surface area contributed by atoms with Crippen LogP contribution in [0.2, 0.25) is 0 Å². The number of hydrogen-bond donors (Lipinski definition) is 1. The van der Waals surface area contributed by atoms with Gasteiger partial charge in [0.05, 0.1) is 16.5 Å². The van der Waals surface area contributed by atoms with Crippen molar-refractivity contribution in [1.82, 2.24) is 5.32 Å². The van der Waals surface area contributed by atoms with Crippen molar-refractivity contribution in [2.75, 3.05) is 6.26 Å². The lowest BCUT2D eigenvalue weighted by atomic mass is 9.87. The van der Waals surface area contributed by atoms with Crippen LogP contribution >= 0.6 is 0 Å². The van der Waals surface area contributed by atoms with Crippen molar-refractivity contribution in [2.24, 2.45) is 0 Å². The van der Waals surface area contributed by atoms with Crippen molar-refractivity contribution in [2.45, 2.75) is 30.2 Å². The van der Waals surface area contributed by atoms with Crippen molar-refractivity contribution >= 4 is 15.7 Å². The lowest BCUT2D eigenvalue weighted by Crippen LogP contribution is -2.31. The van der Waals surface area contributed by atoms with E-state index in [4.69, 9.17) is 0 Å². The molecule has 0 radical (unpaired) electrons. The topological polar surface area (TPSA) is 63.2 Å². The first kappa shape index (κ1) is 15.7. The number of sulfone groups is 1. The van der Waals surface area contributed by atoms with E-state index in [1.165, 1.54) is 11.6 Å². The average Bonchev–Trinajstić information content (AvgIpc) is 2.54. The fourth-order valence-electron chi connectivity index (χ4n) is 3.12. The lowest BCUT2D eigenvalue weighted by molar-refractivity contribution is 0.0929. The summed E-state index contributed by atoms with van der Waals surface area (Å²) in [7, 11) is -3.44. The second kappa shape index (κ2) is 6.16. The molecule has 0 spiro atoms. The summed E-state index contributed by atoms with van der Waals surface area (Å²) < 4.78 is 23.7. The van der Waals surface area contributed by atoms with Crippen molar-refractivity contribution in [3.63, 3.8) is 0 Å². The van der Waals surface area contributed by atoms with Crippen molar-refractivity contribution in [3.8, 4) is 0 Å². The van der Waals surface area contributed by atoms with Gasteiger partial charge in [0.2, 0.25) is 0 Å². The number of aryl methyl sites for hydroxylation is 1. The van der Waals surface area contributed by atoms with Crippen LogP contribution in [0.1, 0.15) is 40.4 Å². The molecular weight excluding hydrogens is 310 g/mol. The van der Waals surface area contributed by atoms with E-state index in [0.717, 1.165) is 31.1 Å². The Morgan fingerprint density at radius 1 is 1.09 bits per heavy atom. The van der Waals surface area contributed by atoms with E-state index in [1.807, 2.05) is 18.2 Å². The minimum Gasteiger partial charge on any atom is -0.345 e. The Bertz CT molecular complexity index is 843. The Labute approximate surface area is 136 Å². The van der Waals surface area contributed by atoms with E-state index in [0.29, 0.717) is 0 Å². The molecule has 23 heavy (non-hydrogen) atoms. The first-order valence-electron chi connectivity index (χ1n) is 7.64. The predicted molar refractivity (Wildman–Crippen MR) is 89.1 cm³/mol. The molecule has 1 aliphatic rings. The Hall–Kier alpha value is -2.14. The summed E-state index contributed by atoms with van der Waals surface area (Å²) in [6, 6.07) is 14.3. The number of benzene rings is 2. The molecule has 0 fully saturated rings. The molecule has 5 heteroatoms. The molecule has 120 valence electrons. The molecule has 1 amide bonds. The van der Waals surface area contributed by atoms with Gasteiger partial charge in [0.1, 0.15) is 0 Å². The van der Waals surface area contributed by atoms with Crippen LogP contribution in [0.4, 0.5) is 0 Å². The minimum atomic E-state index is -3.44. The van der Waals surface area contributed by atoms with Crippen molar-refractivity contribution in [3.05, 3.63) is 65.2 Å². The summed E-state index contributed by atoms with van der Waals surface area (Å²) in [5.74, 6) is -0.340. The first-order chi connectivity index (χ1) is 11.0. The molecule has 2 aromatic rings. The molecule has 3 rings (SSSR count). The predicted octanol–water partition coefficient (Wildman–Crippen LogP) is 2.90. The fraction of sp³-hybridized carbons (Fsp3) is 0.278. The van der Waals surface area contributed by atoms with Crippen LogP contribution in [0.25, 0.3) is 0 Å². The zero-order chi connectivity index (χ0) is 16.4. The van der Waals surface area contributed by atoms with Crippen LogP contribution in [0.15, 0.2) is 53.4 Å². The maximum atomic E-state index is 12.6. The number of nitrogens with one attached hydrogen (secondary N) is 1.